The summed E-state index contributed by atoms with van der Waals surface area (Å²) in [6, 6.07) is 7.66. The van der Waals surface area contributed by atoms with E-state index in [1.165, 1.54) is 76.9 Å². The summed E-state index contributed by atoms with van der Waals surface area (Å²) in [5, 5.41) is 0. The summed E-state index contributed by atoms with van der Waals surface area (Å²) in [6.45, 7) is 2.74. The minimum absolute atomic E-state index is 0.151. The molecule has 0 spiro atoms. The second kappa shape index (κ2) is 16.0. The van der Waals surface area contributed by atoms with Crippen molar-refractivity contribution in [2.75, 3.05) is 27.4 Å². The number of ether oxygens (including phenoxy) is 1. The molecule has 1 aromatic carbocycles. The molecule has 1 unspecified atom stereocenters. The van der Waals surface area contributed by atoms with Crippen LogP contribution in [0.4, 0.5) is 0 Å². The quantitative estimate of drug-likeness (QED) is 0.192. The van der Waals surface area contributed by atoms with Crippen molar-refractivity contribution in [1.82, 2.24) is 0 Å². The fourth-order valence-electron chi connectivity index (χ4n) is 3.01. The van der Waals surface area contributed by atoms with E-state index in [4.69, 9.17) is 18.3 Å². The summed E-state index contributed by atoms with van der Waals surface area (Å²) in [7, 11) is -0.730. The van der Waals surface area contributed by atoms with Crippen molar-refractivity contribution in [3.8, 4) is 5.75 Å². The molecule has 0 heterocycles. The van der Waals surface area contributed by atoms with Crippen molar-refractivity contribution in [3.63, 3.8) is 0 Å². The van der Waals surface area contributed by atoms with Gasteiger partial charge in [0.05, 0.1) is 13.2 Å². The summed E-state index contributed by atoms with van der Waals surface area (Å²) in [4.78, 5) is 0. The molecule has 0 amide bonds. The number of benzene rings is 1. The lowest BCUT2D eigenvalue weighted by atomic mass is 10.0. The molecule has 1 rings (SSSR count). The van der Waals surface area contributed by atoms with Crippen LogP contribution in [0.25, 0.3) is 0 Å². The number of aryl methyl sites for hydroxylation is 1. The van der Waals surface area contributed by atoms with Gasteiger partial charge in [-0.2, -0.15) is 0 Å². The molecule has 0 saturated heterocycles. The van der Waals surface area contributed by atoms with E-state index < -0.39 is 7.82 Å². The molecule has 0 aliphatic heterocycles. The Labute approximate surface area is 171 Å². The van der Waals surface area contributed by atoms with Gasteiger partial charge in [-0.3, -0.25) is 9.05 Å². The van der Waals surface area contributed by atoms with Gasteiger partial charge in [-0.15, -0.1) is 0 Å². The second-order valence-corrected chi connectivity index (χ2v) is 8.82. The van der Waals surface area contributed by atoms with E-state index in [1.54, 1.807) is 7.11 Å². The Morgan fingerprint density at radius 1 is 0.786 bits per heavy atom. The van der Waals surface area contributed by atoms with Crippen molar-refractivity contribution in [2.24, 2.45) is 0 Å². The van der Waals surface area contributed by atoms with Gasteiger partial charge in [-0.1, -0.05) is 76.8 Å². The molecule has 162 valence electrons. The molecule has 0 fully saturated rings. The highest BCUT2D eigenvalue weighted by Crippen LogP contribution is 2.48. The maximum absolute atomic E-state index is 12.4. The van der Waals surface area contributed by atoms with Crippen LogP contribution in [0, 0.1) is 0 Å². The maximum atomic E-state index is 12.4. The fraction of sp³-hybridized carbons (Fsp3) is 0.727. The SMILES string of the molecule is CCCCCCCCCCCCc1ccc(OP(=O)(OC)OCCOC)cc1. The topological polar surface area (TPSA) is 54.0 Å². The van der Waals surface area contributed by atoms with E-state index in [0.717, 1.165) is 6.42 Å². The predicted octanol–water partition coefficient (Wildman–Crippen LogP) is 6.95. The van der Waals surface area contributed by atoms with Crippen LogP contribution in [-0.4, -0.2) is 27.4 Å². The zero-order chi connectivity index (χ0) is 20.5. The zero-order valence-corrected chi connectivity index (χ0v) is 18.9. The number of phosphoric acid groups is 1. The van der Waals surface area contributed by atoms with Crippen LogP contribution in [0.1, 0.15) is 76.7 Å². The Balaban J connectivity index is 2.19. The summed E-state index contributed by atoms with van der Waals surface area (Å²) < 4.78 is 32.7. The Morgan fingerprint density at radius 3 is 1.89 bits per heavy atom. The van der Waals surface area contributed by atoms with Crippen molar-refractivity contribution in [2.45, 2.75) is 77.6 Å². The van der Waals surface area contributed by atoms with Crippen LogP contribution in [-0.2, 0) is 24.8 Å². The summed E-state index contributed by atoms with van der Waals surface area (Å²) >= 11 is 0. The first-order valence-corrected chi connectivity index (χ1v) is 12.2. The maximum Gasteiger partial charge on any atom is 0.529 e. The van der Waals surface area contributed by atoms with E-state index in [9.17, 15) is 4.57 Å². The highest BCUT2D eigenvalue weighted by Gasteiger charge is 2.26. The lowest BCUT2D eigenvalue weighted by molar-refractivity contribution is 0.115. The van der Waals surface area contributed by atoms with Gasteiger partial charge in [0.2, 0.25) is 0 Å². The minimum Gasteiger partial charge on any atom is -0.404 e. The van der Waals surface area contributed by atoms with Gasteiger partial charge < -0.3 is 9.26 Å². The number of rotatable bonds is 18. The average Bonchev–Trinajstić information content (AvgIpc) is 2.71. The van der Waals surface area contributed by atoms with Crippen LogP contribution < -0.4 is 4.52 Å². The lowest BCUT2D eigenvalue weighted by Gasteiger charge is -2.16. The van der Waals surface area contributed by atoms with Crippen LogP contribution in [0.5, 0.6) is 5.75 Å². The molecule has 0 aliphatic carbocycles. The van der Waals surface area contributed by atoms with Crippen molar-refractivity contribution in [3.05, 3.63) is 29.8 Å². The third-order valence-electron chi connectivity index (χ3n) is 4.72. The highest BCUT2D eigenvalue weighted by molar-refractivity contribution is 7.48. The normalized spacial score (nSPS) is 13.4. The molecule has 0 radical (unpaired) electrons. The number of hydrogen-bond donors (Lipinski definition) is 0. The van der Waals surface area contributed by atoms with Crippen molar-refractivity contribution < 1.29 is 22.9 Å². The number of hydrogen-bond acceptors (Lipinski definition) is 5. The molecule has 1 atom stereocenters. The molecule has 5 nitrogen and oxygen atoms in total. The molecular formula is C22H39O5P. The van der Waals surface area contributed by atoms with Gasteiger partial charge in [0.25, 0.3) is 0 Å². The Kier molecular flexibility index (Phi) is 14.4. The Hall–Kier alpha value is -0.870. The molecule has 0 aliphatic rings. The zero-order valence-electron chi connectivity index (χ0n) is 18.0. The summed E-state index contributed by atoms with van der Waals surface area (Å²) in [6.07, 6.45) is 14.5. The van der Waals surface area contributed by atoms with Crippen LogP contribution in [0.2, 0.25) is 0 Å². The number of unbranched alkanes of at least 4 members (excludes halogenated alkanes) is 9. The molecule has 0 saturated carbocycles. The van der Waals surface area contributed by atoms with Crippen molar-refractivity contribution in [1.29, 1.82) is 0 Å². The highest BCUT2D eigenvalue weighted by atomic mass is 31.2. The monoisotopic (exact) mass is 414 g/mol. The van der Waals surface area contributed by atoms with Gasteiger partial charge in [0.1, 0.15) is 5.75 Å². The molecule has 28 heavy (non-hydrogen) atoms. The molecule has 1 aromatic rings. The number of phosphoric ester groups is 1. The third-order valence-corrected chi connectivity index (χ3v) is 6.10. The van der Waals surface area contributed by atoms with Gasteiger partial charge in [0, 0.05) is 14.2 Å². The second-order valence-electron chi connectivity index (χ2n) is 7.12. The first-order chi connectivity index (χ1) is 13.6. The van der Waals surface area contributed by atoms with Gasteiger partial charge in [-0.25, -0.2) is 4.57 Å². The Bertz CT molecular complexity index is 532. The van der Waals surface area contributed by atoms with Gasteiger partial charge in [0.15, 0.2) is 0 Å². The average molecular weight is 415 g/mol. The van der Waals surface area contributed by atoms with E-state index in [-0.39, 0.29) is 6.61 Å². The summed E-state index contributed by atoms with van der Waals surface area (Å²) in [5.41, 5.74) is 1.26. The molecule has 0 bridgehead atoms. The third kappa shape index (κ3) is 11.9. The van der Waals surface area contributed by atoms with Crippen LogP contribution >= 0.6 is 7.82 Å². The number of methoxy groups -OCH3 is 1. The first kappa shape index (κ1) is 25.2. The largest absolute Gasteiger partial charge is 0.529 e. The summed E-state index contributed by atoms with van der Waals surface area (Å²) in [5.74, 6) is 0.481. The minimum atomic E-state index is -3.59. The Morgan fingerprint density at radius 2 is 1.36 bits per heavy atom. The van der Waals surface area contributed by atoms with Gasteiger partial charge >= 0.3 is 7.82 Å². The van der Waals surface area contributed by atoms with Crippen LogP contribution in [0.3, 0.4) is 0 Å². The molecule has 0 aromatic heterocycles. The van der Waals surface area contributed by atoms with E-state index in [2.05, 4.69) is 6.92 Å². The van der Waals surface area contributed by atoms with Crippen LogP contribution in [0.15, 0.2) is 24.3 Å². The van der Waals surface area contributed by atoms with E-state index in [1.807, 2.05) is 24.3 Å². The van der Waals surface area contributed by atoms with E-state index in [0.29, 0.717) is 12.4 Å². The van der Waals surface area contributed by atoms with E-state index >= 15 is 0 Å². The molecular weight excluding hydrogens is 375 g/mol. The fourth-order valence-corrected chi connectivity index (χ4v) is 3.92. The standard InChI is InChI=1S/C22H39O5P/c1-4-5-6-7-8-9-10-11-12-13-14-21-15-17-22(18-16-21)27-28(23,25-3)26-20-19-24-2/h15-18H,4-14,19-20H2,1-3H3. The smallest absolute Gasteiger partial charge is 0.404 e. The van der Waals surface area contributed by atoms with Gasteiger partial charge in [-0.05, 0) is 30.5 Å². The van der Waals surface area contributed by atoms with Crippen molar-refractivity contribution >= 4 is 7.82 Å². The first-order valence-electron chi connectivity index (χ1n) is 10.7. The molecule has 6 heteroatoms. The predicted molar refractivity (Wildman–Crippen MR) is 115 cm³/mol. The lowest BCUT2D eigenvalue weighted by Crippen LogP contribution is -2.05. The molecule has 0 N–H and O–H groups in total.